The van der Waals surface area contributed by atoms with Crippen LogP contribution in [0.4, 0.5) is 4.79 Å². The number of hydrogen-bond donors (Lipinski definition) is 0. The Bertz CT molecular complexity index is 779. The number of ether oxygens (including phenoxy) is 1. The van der Waals surface area contributed by atoms with E-state index in [4.69, 9.17) is 4.74 Å². The lowest BCUT2D eigenvalue weighted by Crippen LogP contribution is -2.57. The number of imide groups is 1. The molecule has 1 aromatic carbocycles. The second-order valence-corrected chi connectivity index (χ2v) is 9.51. The van der Waals surface area contributed by atoms with E-state index in [1.165, 1.54) is 7.11 Å². The Hall–Kier alpha value is -2.41. The van der Waals surface area contributed by atoms with E-state index in [2.05, 4.69) is 25.7 Å². The molecule has 2 aliphatic heterocycles. The van der Waals surface area contributed by atoms with Gasteiger partial charge in [-0.15, -0.1) is 0 Å². The maximum atomic E-state index is 13.4. The van der Waals surface area contributed by atoms with Gasteiger partial charge in [0.25, 0.3) is 5.91 Å². The Balaban J connectivity index is 1.80. The molecule has 3 amide bonds. The standard InChI is InChI=1S/C23H33N3O4/c1-22(2,3)17-24-14-11-23(12-15-24)20(28)25(16-19(27)30-4)21(29)26(23)13-10-18-8-6-5-7-9-18/h5-9H,10-17H2,1-4H3. The fourth-order valence-electron chi connectivity index (χ4n) is 4.55. The first-order valence-electron chi connectivity index (χ1n) is 10.6. The number of esters is 1. The van der Waals surface area contributed by atoms with E-state index in [1.807, 2.05) is 30.3 Å². The molecule has 2 fully saturated rings. The van der Waals surface area contributed by atoms with Crippen molar-refractivity contribution >= 4 is 17.9 Å². The van der Waals surface area contributed by atoms with Gasteiger partial charge in [-0.2, -0.15) is 0 Å². The summed E-state index contributed by atoms with van der Waals surface area (Å²) in [6.07, 6.45) is 1.83. The molecule has 0 unspecified atom stereocenters. The second kappa shape index (κ2) is 8.76. The van der Waals surface area contributed by atoms with Crippen LogP contribution in [0.1, 0.15) is 39.2 Å². The number of benzene rings is 1. The first-order valence-corrected chi connectivity index (χ1v) is 10.6. The van der Waals surface area contributed by atoms with Crippen molar-refractivity contribution in [3.05, 3.63) is 35.9 Å². The summed E-state index contributed by atoms with van der Waals surface area (Å²) in [6, 6.07) is 9.55. The predicted molar refractivity (Wildman–Crippen MR) is 114 cm³/mol. The van der Waals surface area contributed by atoms with Crippen LogP contribution < -0.4 is 0 Å². The third kappa shape index (κ3) is 4.67. The third-order valence-electron chi connectivity index (χ3n) is 5.98. The van der Waals surface area contributed by atoms with Crippen molar-refractivity contribution in [3.8, 4) is 0 Å². The van der Waals surface area contributed by atoms with Gasteiger partial charge in [0, 0.05) is 26.2 Å². The molecule has 7 heteroatoms. The van der Waals surface area contributed by atoms with Gasteiger partial charge in [0.2, 0.25) is 0 Å². The summed E-state index contributed by atoms with van der Waals surface area (Å²) in [5, 5.41) is 0. The molecule has 0 radical (unpaired) electrons. The zero-order valence-corrected chi connectivity index (χ0v) is 18.5. The molecule has 0 aromatic heterocycles. The predicted octanol–water partition coefficient (Wildman–Crippen LogP) is 2.55. The highest BCUT2D eigenvalue weighted by Gasteiger charge is 2.58. The van der Waals surface area contributed by atoms with Gasteiger partial charge in [-0.3, -0.25) is 14.5 Å². The van der Waals surface area contributed by atoms with Crippen LogP contribution in [0.15, 0.2) is 30.3 Å². The molecule has 2 aliphatic rings. The van der Waals surface area contributed by atoms with Gasteiger partial charge < -0.3 is 14.5 Å². The number of hydrogen-bond acceptors (Lipinski definition) is 5. The fraction of sp³-hybridized carbons (Fsp3) is 0.609. The lowest BCUT2D eigenvalue weighted by Gasteiger charge is -2.43. The van der Waals surface area contributed by atoms with E-state index in [0.717, 1.165) is 30.1 Å². The lowest BCUT2D eigenvalue weighted by atomic mass is 9.84. The topological polar surface area (TPSA) is 70.2 Å². The highest BCUT2D eigenvalue weighted by molar-refractivity contribution is 6.08. The molecule has 0 N–H and O–H groups in total. The van der Waals surface area contributed by atoms with Crippen LogP contribution in [0.5, 0.6) is 0 Å². The van der Waals surface area contributed by atoms with Crippen molar-refractivity contribution in [1.29, 1.82) is 0 Å². The van der Waals surface area contributed by atoms with Crippen molar-refractivity contribution in [2.45, 2.75) is 45.6 Å². The number of carbonyl (C=O) groups excluding carboxylic acids is 3. The van der Waals surface area contributed by atoms with Gasteiger partial charge in [0.05, 0.1) is 7.11 Å². The first kappa shape index (κ1) is 22.3. The normalized spacial score (nSPS) is 19.6. The van der Waals surface area contributed by atoms with Gasteiger partial charge in [-0.05, 0) is 30.2 Å². The Morgan fingerprint density at radius 2 is 1.73 bits per heavy atom. The van der Waals surface area contributed by atoms with Gasteiger partial charge in [0.15, 0.2) is 0 Å². The lowest BCUT2D eigenvalue weighted by molar-refractivity contribution is -0.146. The molecule has 0 aliphatic carbocycles. The molecule has 2 saturated heterocycles. The number of nitrogens with zero attached hydrogens (tertiary/aromatic N) is 3. The maximum absolute atomic E-state index is 13.4. The molecule has 2 heterocycles. The maximum Gasteiger partial charge on any atom is 0.328 e. The zero-order chi connectivity index (χ0) is 21.9. The molecule has 7 nitrogen and oxygen atoms in total. The summed E-state index contributed by atoms with van der Waals surface area (Å²) in [7, 11) is 1.27. The average Bonchev–Trinajstić information content (AvgIpc) is 2.89. The molecule has 1 spiro atoms. The molecular formula is C23H33N3O4. The zero-order valence-electron chi connectivity index (χ0n) is 18.5. The van der Waals surface area contributed by atoms with E-state index in [9.17, 15) is 14.4 Å². The van der Waals surface area contributed by atoms with Crippen molar-refractivity contribution < 1.29 is 19.1 Å². The number of amides is 3. The van der Waals surface area contributed by atoms with E-state index >= 15 is 0 Å². The van der Waals surface area contributed by atoms with Gasteiger partial charge >= 0.3 is 12.0 Å². The average molecular weight is 416 g/mol. The van der Waals surface area contributed by atoms with Crippen molar-refractivity contribution in [2.75, 3.05) is 39.8 Å². The molecule has 0 saturated carbocycles. The Labute approximate surface area is 179 Å². The first-order chi connectivity index (χ1) is 14.2. The summed E-state index contributed by atoms with van der Waals surface area (Å²) < 4.78 is 4.71. The van der Waals surface area contributed by atoms with Gasteiger partial charge in [-0.25, -0.2) is 4.79 Å². The van der Waals surface area contributed by atoms with Gasteiger partial charge in [0.1, 0.15) is 12.1 Å². The van der Waals surface area contributed by atoms with Crippen LogP contribution in [-0.2, 0) is 20.7 Å². The molecule has 0 atom stereocenters. The van der Waals surface area contributed by atoms with E-state index < -0.39 is 11.5 Å². The van der Waals surface area contributed by atoms with Crippen LogP contribution >= 0.6 is 0 Å². The largest absolute Gasteiger partial charge is 0.468 e. The molecule has 1 aromatic rings. The van der Waals surface area contributed by atoms with Crippen LogP contribution in [0.3, 0.4) is 0 Å². The SMILES string of the molecule is COC(=O)CN1C(=O)N(CCc2ccccc2)C2(CCN(CC(C)(C)C)CC2)C1=O. The van der Waals surface area contributed by atoms with Crippen LogP contribution in [-0.4, -0.2) is 78.0 Å². The van der Waals surface area contributed by atoms with Crippen molar-refractivity contribution in [3.63, 3.8) is 0 Å². The van der Waals surface area contributed by atoms with Crippen LogP contribution in [0.2, 0.25) is 0 Å². The minimum atomic E-state index is -0.867. The molecule has 3 rings (SSSR count). The number of piperidine rings is 1. The summed E-state index contributed by atoms with van der Waals surface area (Å²) in [5.41, 5.74) is 0.419. The monoisotopic (exact) mass is 415 g/mol. The van der Waals surface area contributed by atoms with Gasteiger partial charge in [-0.1, -0.05) is 51.1 Å². The smallest absolute Gasteiger partial charge is 0.328 e. The highest BCUT2D eigenvalue weighted by Crippen LogP contribution is 2.38. The number of rotatable bonds is 6. The van der Waals surface area contributed by atoms with E-state index in [1.54, 1.807) is 4.90 Å². The summed E-state index contributed by atoms with van der Waals surface area (Å²) in [4.78, 5) is 43.6. The van der Waals surface area contributed by atoms with E-state index in [0.29, 0.717) is 25.8 Å². The Morgan fingerprint density at radius 1 is 1.10 bits per heavy atom. The highest BCUT2D eigenvalue weighted by atomic mass is 16.5. The minimum absolute atomic E-state index is 0.171. The summed E-state index contributed by atoms with van der Waals surface area (Å²) in [5.74, 6) is -0.844. The van der Waals surface area contributed by atoms with E-state index in [-0.39, 0.29) is 23.9 Å². The fourth-order valence-corrected chi connectivity index (χ4v) is 4.55. The van der Waals surface area contributed by atoms with Crippen LogP contribution in [0.25, 0.3) is 0 Å². The quantitative estimate of drug-likeness (QED) is 0.528. The third-order valence-corrected chi connectivity index (χ3v) is 5.98. The van der Waals surface area contributed by atoms with Crippen LogP contribution in [0, 0.1) is 5.41 Å². The van der Waals surface area contributed by atoms with Crippen molar-refractivity contribution in [2.24, 2.45) is 5.41 Å². The van der Waals surface area contributed by atoms with Crippen molar-refractivity contribution in [1.82, 2.24) is 14.7 Å². The minimum Gasteiger partial charge on any atom is -0.468 e. The number of carbonyl (C=O) groups is 3. The second-order valence-electron chi connectivity index (χ2n) is 9.51. The molecular weight excluding hydrogens is 382 g/mol. The molecule has 0 bridgehead atoms. The number of methoxy groups -OCH3 is 1. The number of likely N-dealkylation sites (tertiary alicyclic amines) is 1. The summed E-state index contributed by atoms with van der Waals surface area (Å²) >= 11 is 0. The molecule has 30 heavy (non-hydrogen) atoms. The summed E-state index contributed by atoms with van der Waals surface area (Å²) in [6.45, 7) is 9.17. The Kier molecular flexibility index (Phi) is 6.50. The number of urea groups is 1. The molecule has 164 valence electrons. The Morgan fingerprint density at radius 3 is 2.30 bits per heavy atom.